The second-order valence-electron chi connectivity index (χ2n) is 4.10. The van der Waals surface area contributed by atoms with Gasteiger partial charge in [-0.1, -0.05) is 46.9 Å². The Morgan fingerprint density at radius 2 is 1.79 bits per heavy atom. The molecule has 0 bridgehead atoms. The Morgan fingerprint density at radius 3 is 2.32 bits per heavy atom. The second kappa shape index (κ2) is 8.16. The molecular weight excluding hydrogens is 360 g/mol. The molecule has 0 radical (unpaired) electrons. The van der Waals surface area contributed by atoms with E-state index in [1.165, 1.54) is 0 Å². The van der Waals surface area contributed by atoms with Gasteiger partial charge in [-0.05, 0) is 23.5 Å². The second-order valence-corrected chi connectivity index (χ2v) is 4.82. The van der Waals surface area contributed by atoms with E-state index >= 15 is 0 Å². The minimum Gasteiger partial charge on any atom is -0.495 e. The third-order valence-electron chi connectivity index (χ3n) is 2.30. The molecule has 19 heavy (non-hydrogen) atoms. The molecule has 5 nitrogen and oxygen atoms in total. The molecule has 1 heterocycles. The fraction of sp³-hybridized carbons (Fsp3) is 0.333. The van der Waals surface area contributed by atoms with Crippen LogP contribution in [0.25, 0.3) is 0 Å². The summed E-state index contributed by atoms with van der Waals surface area (Å²) in [5, 5.41) is 0. The maximum absolute atomic E-state index is 11.5. The van der Waals surface area contributed by atoms with Gasteiger partial charge in [-0.25, -0.2) is 0 Å². The topological polar surface area (TPSA) is 55.8 Å². The molecule has 0 N–H and O–H groups in total. The van der Waals surface area contributed by atoms with E-state index in [-0.39, 0.29) is 13.1 Å². The lowest BCUT2D eigenvalue weighted by Gasteiger charge is -2.22. The summed E-state index contributed by atoms with van der Waals surface area (Å²) in [5.74, 6) is -0.826. The van der Waals surface area contributed by atoms with Crippen LogP contribution in [-0.2, 0) is 18.9 Å². The fourth-order valence-corrected chi connectivity index (χ4v) is 1.65. The van der Waals surface area contributed by atoms with E-state index in [0.717, 1.165) is 0 Å². The van der Waals surface area contributed by atoms with E-state index in [4.69, 9.17) is 9.31 Å². The average molecular weight is 375 g/mol. The van der Waals surface area contributed by atoms with Gasteiger partial charge in [0.25, 0.3) is 0 Å². The van der Waals surface area contributed by atoms with Gasteiger partial charge in [0.2, 0.25) is 0 Å². The molecule has 0 aromatic heterocycles. The Morgan fingerprint density at radius 1 is 1.21 bits per heavy atom. The van der Waals surface area contributed by atoms with E-state index in [1.54, 1.807) is 31.0 Å². The third-order valence-corrected chi connectivity index (χ3v) is 2.72. The predicted octanol–water partition coefficient (Wildman–Crippen LogP) is 1.50. The van der Waals surface area contributed by atoms with E-state index in [2.05, 4.69) is 22.6 Å². The summed E-state index contributed by atoms with van der Waals surface area (Å²) in [5.41, 5.74) is 0.657. The summed E-state index contributed by atoms with van der Waals surface area (Å²) in [6.45, 7) is 1.90. The number of carbonyl (C=O) groups excluding carboxylic acids is 2. The summed E-state index contributed by atoms with van der Waals surface area (Å²) >= 11 is 2.11. The fourth-order valence-electron chi connectivity index (χ4n) is 1.41. The Kier molecular flexibility index (Phi) is 6.86. The van der Waals surface area contributed by atoms with Gasteiger partial charge >= 0.3 is 19.1 Å². The van der Waals surface area contributed by atoms with Crippen LogP contribution in [0.5, 0.6) is 0 Å². The first-order chi connectivity index (χ1) is 9.02. The van der Waals surface area contributed by atoms with Gasteiger partial charge in [-0.15, -0.1) is 0 Å². The predicted molar refractivity (Wildman–Crippen MR) is 81.5 cm³/mol. The molecule has 0 aromatic rings. The molecular formula is C12H15BINO4. The van der Waals surface area contributed by atoms with E-state index in [1.807, 2.05) is 16.2 Å². The van der Waals surface area contributed by atoms with Crippen molar-refractivity contribution in [1.29, 1.82) is 0 Å². The molecule has 1 fully saturated rings. The number of carbonyl (C=O) groups is 2. The average Bonchev–Trinajstić information content (AvgIpc) is 2.31. The number of hydrogen-bond acceptors (Lipinski definition) is 5. The van der Waals surface area contributed by atoms with Gasteiger partial charge in [-0.2, -0.15) is 0 Å². The molecule has 0 atom stereocenters. The van der Waals surface area contributed by atoms with Crippen molar-refractivity contribution in [2.45, 2.75) is 6.92 Å². The van der Waals surface area contributed by atoms with Crippen LogP contribution in [0.2, 0.25) is 0 Å². The van der Waals surface area contributed by atoms with Crippen LogP contribution in [0.3, 0.4) is 0 Å². The van der Waals surface area contributed by atoms with Crippen LogP contribution in [0.15, 0.2) is 33.9 Å². The molecule has 0 amide bonds. The normalized spacial score (nSPS) is 19.5. The summed E-state index contributed by atoms with van der Waals surface area (Å²) < 4.78 is 12.1. The van der Waals surface area contributed by atoms with Crippen LogP contribution in [0.1, 0.15) is 6.92 Å². The van der Waals surface area contributed by atoms with Gasteiger partial charge in [0, 0.05) is 0 Å². The largest absolute Gasteiger partial charge is 0.631 e. The number of rotatable bonds is 3. The highest BCUT2D eigenvalue weighted by atomic mass is 127. The van der Waals surface area contributed by atoms with Gasteiger partial charge in [-0.3, -0.25) is 14.5 Å². The Balaban J connectivity index is 2.73. The molecule has 7 heteroatoms. The smallest absolute Gasteiger partial charge is 0.495 e. The zero-order valence-electron chi connectivity index (χ0n) is 10.8. The van der Waals surface area contributed by atoms with Gasteiger partial charge in [0.05, 0.1) is 13.1 Å². The van der Waals surface area contributed by atoms with Crippen LogP contribution < -0.4 is 0 Å². The van der Waals surface area contributed by atoms with Crippen molar-refractivity contribution < 1.29 is 18.9 Å². The highest BCUT2D eigenvalue weighted by Crippen LogP contribution is 2.08. The molecule has 1 aliphatic rings. The number of halogens is 1. The zero-order chi connectivity index (χ0) is 14.3. The van der Waals surface area contributed by atoms with Gasteiger partial charge in [0.1, 0.15) is 0 Å². The Labute approximate surface area is 126 Å². The lowest BCUT2D eigenvalue weighted by Crippen LogP contribution is -2.43. The van der Waals surface area contributed by atoms with Crippen molar-refractivity contribution in [2.24, 2.45) is 0 Å². The molecule has 1 aliphatic heterocycles. The standard InChI is InChI=1S/C12H15BINO4/c1-10(6-4-3-5-7-14)13-18-11(16)8-15(2)9-12(17)19-13/h3-7H,8-9H2,1-2H3/b4-3+,7-5+,10-6+. The number of hydrogen-bond donors (Lipinski definition) is 0. The summed E-state index contributed by atoms with van der Waals surface area (Å²) in [6.07, 6.45) is 7.22. The highest BCUT2D eigenvalue weighted by Gasteiger charge is 2.32. The van der Waals surface area contributed by atoms with E-state index in [0.29, 0.717) is 5.47 Å². The summed E-state index contributed by atoms with van der Waals surface area (Å²) in [6, 6.07) is 0. The van der Waals surface area contributed by atoms with Crippen molar-refractivity contribution in [2.75, 3.05) is 20.1 Å². The Hall–Kier alpha value is -1.09. The first kappa shape index (κ1) is 16.0. The third kappa shape index (κ3) is 6.06. The van der Waals surface area contributed by atoms with Crippen LogP contribution in [0, 0.1) is 0 Å². The SMILES string of the molecule is C\C(=C/C=C/C=C/I)B1OC(=O)CN(C)CC(=O)O1. The highest BCUT2D eigenvalue weighted by molar-refractivity contribution is 14.1. The number of allylic oxidation sites excluding steroid dienone is 5. The van der Waals surface area contributed by atoms with Crippen molar-refractivity contribution in [3.63, 3.8) is 0 Å². The first-order valence-corrected chi connectivity index (χ1v) is 6.95. The number of likely N-dealkylation sites (N-methyl/N-ethyl adjacent to an activating group) is 1. The van der Waals surface area contributed by atoms with Crippen LogP contribution >= 0.6 is 22.6 Å². The molecule has 0 aliphatic carbocycles. The van der Waals surface area contributed by atoms with E-state index in [9.17, 15) is 9.59 Å². The summed E-state index contributed by atoms with van der Waals surface area (Å²) in [7, 11) is 0.715. The van der Waals surface area contributed by atoms with Crippen molar-refractivity contribution in [1.82, 2.24) is 4.90 Å². The molecule has 1 rings (SSSR count). The molecule has 0 spiro atoms. The molecule has 102 valence electrons. The minimum atomic E-state index is -0.943. The molecule has 1 saturated heterocycles. The zero-order valence-corrected chi connectivity index (χ0v) is 13.0. The first-order valence-electron chi connectivity index (χ1n) is 5.70. The summed E-state index contributed by atoms with van der Waals surface area (Å²) in [4.78, 5) is 24.6. The number of nitrogens with zero attached hydrogens (tertiary/aromatic N) is 1. The lowest BCUT2D eigenvalue weighted by molar-refractivity contribution is -0.145. The van der Waals surface area contributed by atoms with Crippen molar-refractivity contribution in [3.05, 3.63) is 33.9 Å². The van der Waals surface area contributed by atoms with Crippen LogP contribution in [0.4, 0.5) is 0 Å². The lowest BCUT2D eigenvalue weighted by atomic mass is 9.78. The molecule has 0 aromatic carbocycles. The minimum absolute atomic E-state index is 0.0757. The molecule has 0 saturated carbocycles. The van der Waals surface area contributed by atoms with E-state index < -0.39 is 19.1 Å². The van der Waals surface area contributed by atoms with Crippen molar-refractivity contribution in [3.8, 4) is 0 Å². The monoisotopic (exact) mass is 375 g/mol. The quantitative estimate of drug-likeness (QED) is 0.425. The van der Waals surface area contributed by atoms with Crippen molar-refractivity contribution >= 4 is 41.6 Å². The van der Waals surface area contributed by atoms with Gasteiger partial charge in [0.15, 0.2) is 0 Å². The molecule has 0 unspecified atom stereocenters. The Bertz CT molecular complexity index is 413. The van der Waals surface area contributed by atoms with Gasteiger partial charge < -0.3 is 9.31 Å². The van der Waals surface area contributed by atoms with Crippen LogP contribution in [-0.4, -0.2) is 44.1 Å². The maximum atomic E-state index is 11.5. The maximum Gasteiger partial charge on any atom is 0.631 e.